The van der Waals surface area contributed by atoms with Crippen molar-refractivity contribution in [1.29, 1.82) is 5.41 Å². The fourth-order valence-electron chi connectivity index (χ4n) is 12.0. The Labute approximate surface area is 328 Å². The molecule has 266 valence electrons. The molecular formula is C51H40N2S2. The lowest BCUT2D eigenvalue weighted by molar-refractivity contribution is 0.547. The summed E-state index contributed by atoms with van der Waals surface area (Å²) in [6.45, 7) is 2.33. The molecule has 4 heteroatoms. The summed E-state index contributed by atoms with van der Waals surface area (Å²) in [6.07, 6.45) is 21.9. The van der Waals surface area contributed by atoms with Crippen LogP contribution in [-0.4, -0.2) is 4.98 Å². The highest BCUT2D eigenvalue weighted by Crippen LogP contribution is 2.55. The number of rotatable bonds is 0. The molecular weight excluding hydrogens is 705 g/mol. The van der Waals surface area contributed by atoms with Gasteiger partial charge >= 0.3 is 0 Å². The van der Waals surface area contributed by atoms with Crippen molar-refractivity contribution >= 4 is 84.9 Å². The molecule has 2 nitrogen and oxygen atoms in total. The Bertz CT molecular complexity index is 3130. The van der Waals surface area contributed by atoms with Gasteiger partial charge in [0.2, 0.25) is 0 Å². The maximum Gasteiger partial charge on any atom is 0.0693 e. The summed E-state index contributed by atoms with van der Waals surface area (Å²) in [7, 11) is 0. The van der Waals surface area contributed by atoms with E-state index >= 15 is 0 Å². The summed E-state index contributed by atoms with van der Waals surface area (Å²) < 4.78 is 5.28. The molecule has 16 rings (SSSR count). The van der Waals surface area contributed by atoms with Crippen LogP contribution in [0.1, 0.15) is 101 Å². The van der Waals surface area contributed by atoms with Gasteiger partial charge in [-0.3, -0.25) is 0 Å². The molecule has 1 aliphatic heterocycles. The lowest BCUT2D eigenvalue weighted by Crippen LogP contribution is -2.24. The van der Waals surface area contributed by atoms with Crippen molar-refractivity contribution in [2.24, 2.45) is 11.8 Å². The van der Waals surface area contributed by atoms with Gasteiger partial charge in [-0.1, -0.05) is 85.0 Å². The van der Waals surface area contributed by atoms with E-state index in [1.807, 2.05) is 22.7 Å². The fraction of sp³-hybridized carbons (Fsp3) is 0.255. The number of nitrogens with zero attached hydrogens (tertiary/aromatic N) is 1. The van der Waals surface area contributed by atoms with Crippen molar-refractivity contribution < 1.29 is 0 Å². The van der Waals surface area contributed by atoms with Gasteiger partial charge in [0.25, 0.3) is 0 Å². The largest absolute Gasteiger partial charge is 0.301 e. The molecule has 0 spiro atoms. The van der Waals surface area contributed by atoms with E-state index in [4.69, 9.17) is 4.98 Å². The Balaban J connectivity index is 1.26. The van der Waals surface area contributed by atoms with E-state index < -0.39 is 0 Å². The summed E-state index contributed by atoms with van der Waals surface area (Å²) in [5.41, 5.74) is 12.2. The van der Waals surface area contributed by atoms with Crippen molar-refractivity contribution in [2.45, 2.75) is 69.1 Å². The Hall–Kier alpha value is -4.90. The van der Waals surface area contributed by atoms with Crippen LogP contribution in [0.25, 0.3) is 62.3 Å². The number of nitrogens with one attached hydrogen (secondary N) is 1. The summed E-state index contributed by atoms with van der Waals surface area (Å²) in [5.74, 6) is 2.37. The van der Waals surface area contributed by atoms with Gasteiger partial charge in [-0.2, -0.15) is 0 Å². The number of fused-ring (bicyclic) bond motifs is 17. The van der Waals surface area contributed by atoms with Crippen molar-refractivity contribution in [2.75, 3.05) is 0 Å². The molecule has 3 aromatic heterocycles. The molecule has 4 heterocycles. The number of hydrogen-bond donors (Lipinski definition) is 1. The van der Waals surface area contributed by atoms with Gasteiger partial charge in [-0.15, -0.1) is 22.7 Å². The van der Waals surface area contributed by atoms with Crippen LogP contribution in [0.15, 0.2) is 109 Å². The van der Waals surface area contributed by atoms with Gasteiger partial charge in [0.1, 0.15) is 0 Å². The first-order chi connectivity index (χ1) is 27.1. The number of benzene rings is 3. The lowest BCUT2D eigenvalue weighted by Gasteiger charge is -2.34. The molecule has 55 heavy (non-hydrogen) atoms. The normalized spacial score (nSPS) is 25.6. The second-order valence-electron chi connectivity index (χ2n) is 17.1. The first kappa shape index (κ1) is 31.3. The van der Waals surface area contributed by atoms with E-state index in [1.54, 1.807) is 0 Å². The van der Waals surface area contributed by atoms with Crippen LogP contribution < -0.4 is 5.36 Å². The van der Waals surface area contributed by atoms with Crippen LogP contribution in [-0.2, 0) is 0 Å². The number of hydrogen-bond acceptors (Lipinski definition) is 4. The SMILES string of the molecule is Cc1cc2sc(cc3nc(cc4sc(cc(=N)c5c1C1C=CC5CC1)c1c4C4C=CC1CC4)C1=C3C3C=CC1CC3)c1c3ccccc3c3ccccc3c21. The Morgan fingerprint density at radius 2 is 0.891 bits per heavy atom. The Morgan fingerprint density at radius 3 is 1.44 bits per heavy atom. The lowest BCUT2D eigenvalue weighted by atomic mass is 9.70. The monoisotopic (exact) mass is 744 g/mol. The smallest absolute Gasteiger partial charge is 0.0693 e. The first-order valence-corrected chi connectivity index (χ1v) is 22.0. The molecule has 9 aliphatic carbocycles. The van der Waals surface area contributed by atoms with E-state index in [-0.39, 0.29) is 0 Å². The molecule has 1 N–H and O–H groups in total. The third-order valence-corrected chi connectivity index (χ3v) is 16.5. The standard InChI is InChI=1S/C51H40N2S2/c1-26-22-40-50-35-8-4-2-6-33(35)34-7-3-5-9-36(34)51(50)43(54-40)25-39-47-30-16-14-29(15-17-30)46(47)38(53-39)24-42-49-32-20-18-31(19-21-32)48(49)41(55-42)23-37(52)45-28-12-10-27(11-13-28)44(26)45/h2-10,12,14,16,18,20,22-25,27-32,52H,11,13,15,17,19,21H2,1H3. The minimum atomic E-state index is 0.294. The molecule has 0 fully saturated rings. The highest BCUT2D eigenvalue weighted by atomic mass is 32.1. The zero-order valence-corrected chi connectivity index (χ0v) is 32.5. The number of aryl methyl sites for hydroxylation is 1. The highest BCUT2D eigenvalue weighted by molar-refractivity contribution is 7.26. The van der Waals surface area contributed by atoms with Gasteiger partial charge < -0.3 is 5.41 Å². The zero-order valence-electron chi connectivity index (χ0n) is 30.9. The van der Waals surface area contributed by atoms with Crippen molar-refractivity contribution in [3.8, 4) is 0 Å². The van der Waals surface area contributed by atoms with E-state index in [1.165, 1.54) is 121 Å². The van der Waals surface area contributed by atoms with Crippen LogP contribution in [0.5, 0.6) is 0 Å². The molecule has 0 radical (unpaired) electrons. The summed E-state index contributed by atoms with van der Waals surface area (Å²) in [4.78, 5) is 5.68. The molecule has 3 aromatic carbocycles. The number of aromatic nitrogens is 1. The summed E-state index contributed by atoms with van der Waals surface area (Å²) in [6, 6.07) is 27.8. The predicted molar refractivity (Wildman–Crippen MR) is 233 cm³/mol. The Kier molecular flexibility index (Phi) is 6.46. The second-order valence-corrected chi connectivity index (χ2v) is 19.2. The van der Waals surface area contributed by atoms with E-state index in [0.29, 0.717) is 40.9 Å². The minimum Gasteiger partial charge on any atom is -0.301 e. The number of allylic oxidation sites excluding steroid dienone is 8. The van der Waals surface area contributed by atoms with E-state index in [9.17, 15) is 5.41 Å². The average Bonchev–Trinajstić information content (AvgIpc) is 3.92. The quantitative estimate of drug-likeness (QED) is 0.122. The Morgan fingerprint density at radius 1 is 0.473 bits per heavy atom. The van der Waals surface area contributed by atoms with Crippen LogP contribution >= 0.6 is 22.7 Å². The van der Waals surface area contributed by atoms with Gasteiger partial charge in [0.15, 0.2) is 0 Å². The maximum absolute atomic E-state index is 9.94. The molecule has 10 aliphatic rings. The van der Waals surface area contributed by atoms with Crippen molar-refractivity contribution in [1.82, 2.24) is 4.98 Å². The average molecular weight is 745 g/mol. The molecule has 0 saturated carbocycles. The van der Waals surface area contributed by atoms with Gasteiger partial charge in [-0.05, 0) is 130 Å². The topological polar surface area (TPSA) is 36.7 Å². The second kappa shape index (κ2) is 11.3. The van der Waals surface area contributed by atoms with Gasteiger partial charge in [-0.25, -0.2) is 4.98 Å². The van der Waals surface area contributed by atoms with Gasteiger partial charge in [0.05, 0.1) is 16.7 Å². The molecule has 12 bridgehead atoms. The molecule has 0 amide bonds. The molecule has 0 saturated heterocycles. The van der Waals surface area contributed by atoms with Crippen molar-refractivity contribution in [3.05, 3.63) is 154 Å². The van der Waals surface area contributed by atoms with Gasteiger partial charge in [0, 0.05) is 65.1 Å². The predicted octanol–water partition coefficient (Wildman–Crippen LogP) is 13.9. The van der Waals surface area contributed by atoms with Crippen LogP contribution in [0.3, 0.4) is 0 Å². The minimum absolute atomic E-state index is 0.294. The van der Waals surface area contributed by atoms with Crippen LogP contribution in [0.4, 0.5) is 0 Å². The summed E-state index contributed by atoms with van der Waals surface area (Å²) >= 11 is 3.86. The third kappa shape index (κ3) is 4.30. The molecule has 6 aromatic rings. The molecule has 6 atom stereocenters. The first-order valence-electron chi connectivity index (χ1n) is 20.4. The highest BCUT2D eigenvalue weighted by Gasteiger charge is 2.38. The zero-order chi connectivity index (χ0) is 36.1. The fourth-order valence-corrected chi connectivity index (χ4v) is 14.6. The van der Waals surface area contributed by atoms with Crippen LogP contribution in [0.2, 0.25) is 0 Å². The number of thiophene rings is 2. The molecule has 6 unspecified atom stereocenters. The third-order valence-electron chi connectivity index (χ3n) is 14.3. The van der Waals surface area contributed by atoms with Crippen LogP contribution in [0, 0.1) is 24.2 Å². The van der Waals surface area contributed by atoms with Crippen molar-refractivity contribution in [3.63, 3.8) is 0 Å². The van der Waals surface area contributed by atoms with E-state index in [0.717, 1.165) is 18.5 Å². The van der Waals surface area contributed by atoms with E-state index in [2.05, 4.69) is 116 Å². The summed E-state index contributed by atoms with van der Waals surface area (Å²) in [5, 5.41) is 18.6. The maximum atomic E-state index is 9.94.